The Labute approximate surface area is 170 Å². The molecular formula is C21H35ClN2O3. The van der Waals surface area contributed by atoms with E-state index in [2.05, 4.69) is 17.1 Å². The van der Waals surface area contributed by atoms with E-state index in [0.29, 0.717) is 24.7 Å². The van der Waals surface area contributed by atoms with Crippen molar-refractivity contribution in [3.8, 4) is 5.75 Å². The van der Waals surface area contributed by atoms with Crippen LogP contribution in [0.1, 0.15) is 58.3 Å². The Hall–Kier alpha value is -1.46. The van der Waals surface area contributed by atoms with Crippen molar-refractivity contribution < 1.29 is 14.3 Å². The number of halogens is 1. The molecule has 0 aromatic heterocycles. The lowest BCUT2D eigenvalue weighted by molar-refractivity contribution is 0.140. The Morgan fingerprint density at radius 3 is 2.52 bits per heavy atom. The van der Waals surface area contributed by atoms with Crippen molar-refractivity contribution in [3.63, 3.8) is 0 Å². The van der Waals surface area contributed by atoms with Gasteiger partial charge >= 0.3 is 6.09 Å². The van der Waals surface area contributed by atoms with Crippen LogP contribution in [0.4, 0.5) is 10.5 Å². The molecule has 6 heteroatoms. The quantitative estimate of drug-likeness (QED) is 0.529. The standard InChI is InChI=1S/C21H34N2O3.ClH/c1-2-3-4-11-17-25-20-13-8-7-12-19(20)22-21(24)26-18-16-23-14-9-5-6-10-15-23;/h7-8,12-13H,2-6,9-11,14-18H2,1H3,(H,22,24);1H. The van der Waals surface area contributed by atoms with Gasteiger partial charge in [-0.05, 0) is 44.5 Å². The molecule has 1 heterocycles. The molecule has 0 saturated carbocycles. The van der Waals surface area contributed by atoms with Crippen LogP contribution in [0.25, 0.3) is 0 Å². The molecule has 1 aromatic rings. The van der Waals surface area contributed by atoms with Crippen molar-refractivity contribution in [1.29, 1.82) is 0 Å². The number of carbonyl (C=O) groups is 1. The number of rotatable bonds is 10. The minimum atomic E-state index is -0.415. The van der Waals surface area contributed by atoms with E-state index in [-0.39, 0.29) is 12.4 Å². The van der Waals surface area contributed by atoms with Gasteiger partial charge in [-0.25, -0.2) is 4.79 Å². The number of carbonyl (C=O) groups excluding carboxylic acids is 1. The predicted molar refractivity (Wildman–Crippen MR) is 113 cm³/mol. The summed E-state index contributed by atoms with van der Waals surface area (Å²) in [6.07, 6.45) is 9.34. The normalized spacial score (nSPS) is 14.7. The first-order valence-corrected chi connectivity index (χ1v) is 10.2. The van der Waals surface area contributed by atoms with E-state index in [0.717, 1.165) is 26.1 Å². The maximum atomic E-state index is 12.1. The van der Waals surface area contributed by atoms with Crippen LogP contribution in [-0.4, -0.2) is 43.8 Å². The Kier molecular flexibility index (Phi) is 12.7. The predicted octanol–water partition coefficient (Wildman–Crippen LogP) is 5.49. The van der Waals surface area contributed by atoms with Crippen LogP contribution in [0.3, 0.4) is 0 Å². The van der Waals surface area contributed by atoms with Gasteiger partial charge in [0.25, 0.3) is 0 Å². The zero-order chi connectivity index (χ0) is 18.5. The average molecular weight is 399 g/mol. The highest BCUT2D eigenvalue weighted by molar-refractivity contribution is 5.86. The molecule has 5 nitrogen and oxygen atoms in total. The maximum Gasteiger partial charge on any atom is 0.411 e. The smallest absolute Gasteiger partial charge is 0.411 e. The summed E-state index contributed by atoms with van der Waals surface area (Å²) in [5.41, 5.74) is 0.669. The molecule has 0 spiro atoms. The summed E-state index contributed by atoms with van der Waals surface area (Å²) in [7, 11) is 0. The van der Waals surface area contributed by atoms with Crippen LogP contribution in [0, 0.1) is 0 Å². The number of benzene rings is 1. The lowest BCUT2D eigenvalue weighted by Gasteiger charge is -2.19. The zero-order valence-corrected chi connectivity index (χ0v) is 17.4. The van der Waals surface area contributed by atoms with Crippen molar-refractivity contribution in [2.75, 3.05) is 38.2 Å². The fraction of sp³-hybridized carbons (Fsp3) is 0.667. The average Bonchev–Trinajstić information content (AvgIpc) is 2.92. The highest BCUT2D eigenvalue weighted by Crippen LogP contribution is 2.24. The number of likely N-dealkylation sites (tertiary alicyclic amines) is 1. The van der Waals surface area contributed by atoms with Gasteiger partial charge in [0.2, 0.25) is 0 Å². The fourth-order valence-electron chi connectivity index (χ4n) is 3.18. The molecule has 1 aliphatic heterocycles. The van der Waals surface area contributed by atoms with Gasteiger partial charge < -0.3 is 9.47 Å². The van der Waals surface area contributed by atoms with E-state index in [9.17, 15) is 4.79 Å². The minimum absolute atomic E-state index is 0. The van der Waals surface area contributed by atoms with E-state index in [1.807, 2.05) is 24.3 Å². The number of para-hydroxylation sites is 2. The highest BCUT2D eigenvalue weighted by atomic mass is 35.5. The molecule has 0 radical (unpaired) electrons. The number of hydrogen-bond donors (Lipinski definition) is 1. The molecular weight excluding hydrogens is 364 g/mol. The number of nitrogens with zero attached hydrogens (tertiary/aromatic N) is 1. The largest absolute Gasteiger partial charge is 0.491 e. The second kappa shape index (κ2) is 14.6. The van der Waals surface area contributed by atoms with Gasteiger partial charge in [-0.2, -0.15) is 0 Å². The van der Waals surface area contributed by atoms with Gasteiger partial charge in [0.05, 0.1) is 12.3 Å². The Morgan fingerprint density at radius 2 is 1.78 bits per heavy atom. The summed E-state index contributed by atoms with van der Waals surface area (Å²) in [4.78, 5) is 14.5. The van der Waals surface area contributed by atoms with Gasteiger partial charge in [-0.3, -0.25) is 10.2 Å². The van der Waals surface area contributed by atoms with Crippen LogP contribution in [-0.2, 0) is 4.74 Å². The van der Waals surface area contributed by atoms with Gasteiger partial charge in [0, 0.05) is 6.54 Å². The second-order valence-electron chi connectivity index (χ2n) is 6.92. The number of amides is 1. The molecule has 0 atom stereocenters. The summed E-state index contributed by atoms with van der Waals surface area (Å²) < 4.78 is 11.2. The third-order valence-electron chi connectivity index (χ3n) is 4.72. The van der Waals surface area contributed by atoms with Crippen molar-refractivity contribution >= 4 is 24.2 Å². The molecule has 27 heavy (non-hydrogen) atoms. The minimum Gasteiger partial charge on any atom is -0.491 e. The highest BCUT2D eigenvalue weighted by Gasteiger charge is 2.11. The maximum absolute atomic E-state index is 12.1. The van der Waals surface area contributed by atoms with Crippen LogP contribution in [0.15, 0.2) is 24.3 Å². The lowest BCUT2D eigenvalue weighted by Crippen LogP contribution is -2.30. The molecule has 0 bridgehead atoms. The Morgan fingerprint density at radius 1 is 1.04 bits per heavy atom. The molecule has 1 aromatic carbocycles. The van der Waals surface area contributed by atoms with Crippen molar-refractivity contribution in [2.24, 2.45) is 0 Å². The summed E-state index contributed by atoms with van der Waals surface area (Å²) in [5.74, 6) is 0.702. The molecule has 1 N–H and O–H groups in total. The molecule has 1 fully saturated rings. The first kappa shape index (κ1) is 23.6. The number of ether oxygens (including phenoxy) is 2. The summed E-state index contributed by atoms with van der Waals surface area (Å²) in [6, 6.07) is 7.53. The first-order valence-electron chi connectivity index (χ1n) is 10.2. The summed E-state index contributed by atoms with van der Waals surface area (Å²) >= 11 is 0. The first-order chi connectivity index (χ1) is 12.8. The monoisotopic (exact) mass is 398 g/mol. The number of anilines is 1. The fourth-order valence-corrected chi connectivity index (χ4v) is 3.18. The summed E-state index contributed by atoms with van der Waals surface area (Å²) in [6.45, 7) is 6.31. The van der Waals surface area contributed by atoms with E-state index in [1.54, 1.807) is 0 Å². The Bertz CT molecular complexity index is 520. The van der Waals surface area contributed by atoms with Crippen LogP contribution in [0.2, 0.25) is 0 Å². The molecule has 1 aliphatic rings. The van der Waals surface area contributed by atoms with E-state index in [4.69, 9.17) is 9.47 Å². The van der Waals surface area contributed by atoms with Crippen molar-refractivity contribution in [3.05, 3.63) is 24.3 Å². The number of unbranched alkanes of at least 4 members (excludes halogenated alkanes) is 3. The molecule has 0 unspecified atom stereocenters. The van der Waals surface area contributed by atoms with Crippen LogP contribution < -0.4 is 10.1 Å². The van der Waals surface area contributed by atoms with Crippen LogP contribution >= 0.6 is 12.4 Å². The molecule has 1 saturated heterocycles. The van der Waals surface area contributed by atoms with Gasteiger partial charge in [0.15, 0.2) is 0 Å². The van der Waals surface area contributed by atoms with Gasteiger partial charge in [-0.1, -0.05) is 51.2 Å². The Balaban J connectivity index is 0.00000364. The molecule has 0 aliphatic carbocycles. The van der Waals surface area contributed by atoms with E-state index >= 15 is 0 Å². The SMILES string of the molecule is CCCCCCOc1ccccc1NC(=O)OCCN1CCCCCC1.Cl. The number of hydrogen-bond acceptors (Lipinski definition) is 4. The topological polar surface area (TPSA) is 50.8 Å². The van der Waals surface area contributed by atoms with Crippen LogP contribution in [0.5, 0.6) is 5.75 Å². The molecule has 1 amide bonds. The third-order valence-corrected chi connectivity index (χ3v) is 4.72. The summed E-state index contributed by atoms with van der Waals surface area (Å²) in [5, 5.41) is 2.81. The third kappa shape index (κ3) is 9.87. The van der Waals surface area contributed by atoms with Crippen molar-refractivity contribution in [2.45, 2.75) is 58.3 Å². The molecule has 154 valence electrons. The van der Waals surface area contributed by atoms with E-state index < -0.39 is 6.09 Å². The lowest BCUT2D eigenvalue weighted by atomic mass is 10.2. The zero-order valence-electron chi connectivity index (χ0n) is 16.6. The second-order valence-corrected chi connectivity index (χ2v) is 6.92. The van der Waals surface area contributed by atoms with E-state index in [1.165, 1.54) is 44.9 Å². The number of nitrogens with one attached hydrogen (secondary N) is 1. The van der Waals surface area contributed by atoms with Gasteiger partial charge in [0.1, 0.15) is 12.4 Å². The van der Waals surface area contributed by atoms with Gasteiger partial charge in [-0.15, -0.1) is 12.4 Å². The molecule has 2 rings (SSSR count). The van der Waals surface area contributed by atoms with Crippen molar-refractivity contribution in [1.82, 2.24) is 4.90 Å².